The van der Waals surface area contributed by atoms with E-state index in [1.807, 2.05) is 6.07 Å². The first kappa shape index (κ1) is 15.2. The van der Waals surface area contributed by atoms with E-state index in [4.69, 9.17) is 0 Å². The van der Waals surface area contributed by atoms with Gasteiger partial charge in [0.05, 0.1) is 10.6 Å². The minimum Gasteiger partial charge on any atom is -0.224 e. The molecule has 0 aliphatic carbocycles. The van der Waals surface area contributed by atoms with Gasteiger partial charge in [0, 0.05) is 0 Å². The highest BCUT2D eigenvalue weighted by Crippen LogP contribution is 2.23. The Labute approximate surface area is 111 Å². The molecule has 3 heteroatoms. The maximum absolute atomic E-state index is 12.3. The Morgan fingerprint density at radius 3 is 2.22 bits per heavy atom. The molecule has 0 aromatic heterocycles. The van der Waals surface area contributed by atoms with E-state index < -0.39 is 9.84 Å². The van der Waals surface area contributed by atoms with Crippen LogP contribution in [0.15, 0.2) is 35.2 Å². The first-order chi connectivity index (χ1) is 8.47. The maximum atomic E-state index is 12.3. The number of unbranched alkanes of at least 4 members (excludes halogenated alkanes) is 1. The Morgan fingerprint density at radius 1 is 1.11 bits per heavy atom. The summed E-state index contributed by atoms with van der Waals surface area (Å²) < 4.78 is 24.6. The fourth-order valence-electron chi connectivity index (χ4n) is 2.08. The van der Waals surface area contributed by atoms with Crippen LogP contribution in [-0.4, -0.2) is 14.2 Å². The van der Waals surface area contributed by atoms with Crippen molar-refractivity contribution >= 4 is 9.84 Å². The summed E-state index contributed by atoms with van der Waals surface area (Å²) in [6, 6.07) is 8.78. The van der Waals surface area contributed by atoms with Gasteiger partial charge in [-0.25, -0.2) is 8.42 Å². The summed E-state index contributed by atoms with van der Waals surface area (Å²) in [7, 11) is -3.13. The standard InChI is InChI=1S/C15H24O2S/c1-4-5-9-14(13(2)3)12-18(16,17)15-10-7-6-8-11-15/h6-8,10-11,13-14H,4-5,9,12H2,1-3H3/t14-/m0/s1. The van der Waals surface area contributed by atoms with Gasteiger partial charge >= 0.3 is 0 Å². The van der Waals surface area contributed by atoms with Crippen molar-refractivity contribution in [3.63, 3.8) is 0 Å². The minimum atomic E-state index is -3.13. The normalized spacial score (nSPS) is 13.8. The van der Waals surface area contributed by atoms with Crippen LogP contribution in [0.1, 0.15) is 40.0 Å². The molecule has 1 aromatic rings. The van der Waals surface area contributed by atoms with Gasteiger partial charge in [-0.05, 0) is 30.4 Å². The summed E-state index contributed by atoms with van der Waals surface area (Å²) in [5.41, 5.74) is 0. The van der Waals surface area contributed by atoms with Crippen molar-refractivity contribution in [2.45, 2.75) is 44.9 Å². The lowest BCUT2D eigenvalue weighted by atomic mass is 9.92. The van der Waals surface area contributed by atoms with Gasteiger partial charge in [-0.3, -0.25) is 0 Å². The van der Waals surface area contributed by atoms with Gasteiger partial charge in [0.2, 0.25) is 0 Å². The van der Waals surface area contributed by atoms with Gasteiger partial charge in [-0.2, -0.15) is 0 Å². The quantitative estimate of drug-likeness (QED) is 0.751. The highest BCUT2D eigenvalue weighted by Gasteiger charge is 2.22. The van der Waals surface area contributed by atoms with Crippen molar-refractivity contribution in [3.05, 3.63) is 30.3 Å². The molecule has 18 heavy (non-hydrogen) atoms. The number of hydrogen-bond donors (Lipinski definition) is 0. The molecule has 2 nitrogen and oxygen atoms in total. The SMILES string of the molecule is CCCC[C@@H](CS(=O)(=O)c1ccccc1)C(C)C. The molecular weight excluding hydrogens is 244 g/mol. The molecule has 0 N–H and O–H groups in total. The van der Waals surface area contributed by atoms with Crippen LogP contribution in [0.5, 0.6) is 0 Å². The summed E-state index contributed by atoms with van der Waals surface area (Å²) in [4.78, 5) is 0.451. The second kappa shape index (κ2) is 6.93. The first-order valence-corrected chi connectivity index (χ1v) is 8.40. The number of hydrogen-bond acceptors (Lipinski definition) is 2. The van der Waals surface area contributed by atoms with Crippen molar-refractivity contribution in [2.24, 2.45) is 11.8 Å². The van der Waals surface area contributed by atoms with Crippen molar-refractivity contribution in [1.82, 2.24) is 0 Å². The van der Waals surface area contributed by atoms with Crippen LogP contribution in [0.2, 0.25) is 0 Å². The van der Waals surface area contributed by atoms with Gasteiger partial charge in [0.1, 0.15) is 0 Å². The van der Waals surface area contributed by atoms with Gasteiger partial charge < -0.3 is 0 Å². The fraction of sp³-hybridized carbons (Fsp3) is 0.600. The molecule has 1 rings (SSSR count). The Bertz CT molecular complexity index is 435. The van der Waals surface area contributed by atoms with Crippen LogP contribution < -0.4 is 0 Å². The molecule has 0 amide bonds. The predicted molar refractivity (Wildman–Crippen MR) is 76.3 cm³/mol. The fourth-order valence-corrected chi connectivity index (χ4v) is 3.96. The zero-order chi connectivity index (χ0) is 13.6. The molecular formula is C15H24O2S. The molecule has 1 aromatic carbocycles. The summed E-state index contributed by atoms with van der Waals surface area (Å²) in [5.74, 6) is 0.944. The van der Waals surface area contributed by atoms with Crippen molar-refractivity contribution < 1.29 is 8.42 Å². The van der Waals surface area contributed by atoms with Crippen molar-refractivity contribution in [2.75, 3.05) is 5.75 Å². The second-order valence-corrected chi connectivity index (χ2v) is 7.28. The van der Waals surface area contributed by atoms with Gasteiger partial charge in [0.25, 0.3) is 0 Å². The van der Waals surface area contributed by atoms with Crippen LogP contribution in [-0.2, 0) is 9.84 Å². The molecule has 0 bridgehead atoms. The van der Waals surface area contributed by atoms with E-state index in [9.17, 15) is 8.42 Å². The van der Waals surface area contributed by atoms with Gasteiger partial charge in [-0.1, -0.05) is 51.8 Å². The number of sulfone groups is 1. The Balaban J connectivity index is 2.80. The summed E-state index contributed by atoms with van der Waals surface area (Å²) >= 11 is 0. The molecule has 0 saturated heterocycles. The molecule has 0 aliphatic rings. The predicted octanol–water partition coefficient (Wildman–Crippen LogP) is 3.92. The molecule has 0 aliphatic heterocycles. The lowest BCUT2D eigenvalue weighted by molar-refractivity contribution is 0.380. The summed E-state index contributed by atoms with van der Waals surface area (Å²) in [6.07, 6.45) is 3.22. The van der Waals surface area contributed by atoms with E-state index in [-0.39, 0.29) is 11.7 Å². The average Bonchev–Trinajstić information content (AvgIpc) is 2.35. The van der Waals surface area contributed by atoms with E-state index in [1.165, 1.54) is 0 Å². The third-order valence-electron chi connectivity index (χ3n) is 3.41. The third kappa shape index (κ3) is 4.45. The molecule has 102 valence electrons. The zero-order valence-electron chi connectivity index (χ0n) is 11.6. The van der Waals surface area contributed by atoms with Crippen molar-refractivity contribution in [3.8, 4) is 0 Å². The number of benzene rings is 1. The Kier molecular flexibility index (Phi) is 5.86. The van der Waals surface area contributed by atoms with Crippen LogP contribution >= 0.6 is 0 Å². The van der Waals surface area contributed by atoms with Crippen molar-refractivity contribution in [1.29, 1.82) is 0 Å². The molecule has 0 fully saturated rings. The van der Waals surface area contributed by atoms with Gasteiger partial charge in [-0.15, -0.1) is 0 Å². The van der Waals surface area contributed by atoms with Crippen LogP contribution in [0, 0.1) is 11.8 Å². The van der Waals surface area contributed by atoms with Crippen LogP contribution in [0.3, 0.4) is 0 Å². The smallest absolute Gasteiger partial charge is 0.178 e. The Morgan fingerprint density at radius 2 is 1.72 bits per heavy atom. The number of rotatable bonds is 7. The molecule has 1 atom stereocenters. The Hall–Kier alpha value is -0.830. The minimum absolute atomic E-state index is 0.259. The average molecular weight is 268 g/mol. The van der Waals surface area contributed by atoms with E-state index in [0.29, 0.717) is 10.8 Å². The molecule has 0 heterocycles. The van der Waals surface area contributed by atoms with E-state index >= 15 is 0 Å². The summed E-state index contributed by atoms with van der Waals surface area (Å²) in [5, 5.41) is 0. The monoisotopic (exact) mass is 268 g/mol. The van der Waals surface area contributed by atoms with Crippen LogP contribution in [0.4, 0.5) is 0 Å². The maximum Gasteiger partial charge on any atom is 0.178 e. The van der Waals surface area contributed by atoms with E-state index in [2.05, 4.69) is 20.8 Å². The highest BCUT2D eigenvalue weighted by molar-refractivity contribution is 7.91. The molecule has 0 saturated carbocycles. The van der Waals surface area contributed by atoms with E-state index in [0.717, 1.165) is 19.3 Å². The molecule has 0 radical (unpaired) electrons. The second-order valence-electron chi connectivity index (χ2n) is 5.24. The largest absolute Gasteiger partial charge is 0.224 e. The lowest BCUT2D eigenvalue weighted by Crippen LogP contribution is -2.21. The lowest BCUT2D eigenvalue weighted by Gasteiger charge is -2.20. The van der Waals surface area contributed by atoms with E-state index in [1.54, 1.807) is 24.3 Å². The first-order valence-electron chi connectivity index (χ1n) is 6.75. The molecule has 0 unspecified atom stereocenters. The zero-order valence-corrected chi connectivity index (χ0v) is 12.4. The van der Waals surface area contributed by atoms with Crippen LogP contribution in [0.25, 0.3) is 0 Å². The van der Waals surface area contributed by atoms with Gasteiger partial charge in [0.15, 0.2) is 9.84 Å². The third-order valence-corrected chi connectivity index (χ3v) is 5.26. The summed E-state index contributed by atoms with van der Waals surface area (Å²) in [6.45, 7) is 6.37. The highest BCUT2D eigenvalue weighted by atomic mass is 32.2. The topological polar surface area (TPSA) is 34.1 Å². The molecule has 0 spiro atoms.